The second-order valence-corrected chi connectivity index (χ2v) is 5.71. The Labute approximate surface area is 115 Å². The Bertz CT molecular complexity index is 447. The van der Waals surface area contributed by atoms with Crippen LogP contribution in [0.1, 0.15) is 38.5 Å². The van der Waals surface area contributed by atoms with E-state index in [0.717, 1.165) is 24.0 Å². The SMILES string of the molecule is COc1ccc(N)c(N2CCCC3CCCCC32)n1. The lowest BCUT2D eigenvalue weighted by molar-refractivity contribution is 0.242. The maximum absolute atomic E-state index is 6.14. The average molecular weight is 261 g/mol. The normalized spacial score (nSPS) is 26.9. The van der Waals surface area contributed by atoms with Crippen LogP contribution in [-0.2, 0) is 0 Å². The molecule has 2 aliphatic rings. The molecule has 1 aliphatic heterocycles. The van der Waals surface area contributed by atoms with E-state index in [9.17, 15) is 0 Å². The van der Waals surface area contributed by atoms with Gasteiger partial charge in [0.05, 0.1) is 12.8 Å². The summed E-state index contributed by atoms with van der Waals surface area (Å²) < 4.78 is 5.24. The fraction of sp³-hybridized carbons (Fsp3) is 0.667. The third kappa shape index (κ3) is 2.36. The van der Waals surface area contributed by atoms with Gasteiger partial charge < -0.3 is 15.4 Å². The van der Waals surface area contributed by atoms with Crippen molar-refractivity contribution >= 4 is 11.5 Å². The molecular weight excluding hydrogens is 238 g/mol. The molecule has 0 bridgehead atoms. The summed E-state index contributed by atoms with van der Waals surface area (Å²) in [5, 5.41) is 0. The number of nitrogen functional groups attached to an aromatic ring is 1. The van der Waals surface area contributed by atoms with Crippen molar-refractivity contribution in [3.8, 4) is 5.88 Å². The van der Waals surface area contributed by atoms with Crippen LogP contribution < -0.4 is 15.4 Å². The monoisotopic (exact) mass is 261 g/mol. The first-order chi connectivity index (χ1) is 9.29. The summed E-state index contributed by atoms with van der Waals surface area (Å²) in [6.07, 6.45) is 7.98. The highest BCUT2D eigenvalue weighted by molar-refractivity contribution is 5.64. The molecule has 1 aromatic rings. The lowest BCUT2D eigenvalue weighted by atomic mass is 9.78. The van der Waals surface area contributed by atoms with Crippen LogP contribution in [0.25, 0.3) is 0 Å². The van der Waals surface area contributed by atoms with Crippen molar-refractivity contribution in [1.82, 2.24) is 4.98 Å². The zero-order valence-corrected chi connectivity index (χ0v) is 11.6. The molecule has 1 saturated heterocycles. The minimum atomic E-state index is 0.629. The summed E-state index contributed by atoms with van der Waals surface area (Å²) in [5.41, 5.74) is 6.91. The number of piperidine rings is 1. The van der Waals surface area contributed by atoms with Gasteiger partial charge in [0.15, 0.2) is 5.82 Å². The lowest BCUT2D eigenvalue weighted by Crippen LogP contribution is -2.47. The van der Waals surface area contributed by atoms with E-state index in [-0.39, 0.29) is 0 Å². The number of hydrogen-bond donors (Lipinski definition) is 1. The number of nitrogens with two attached hydrogens (primary N) is 1. The van der Waals surface area contributed by atoms with Crippen LogP contribution in [0.15, 0.2) is 12.1 Å². The second kappa shape index (κ2) is 5.27. The summed E-state index contributed by atoms with van der Waals surface area (Å²) in [7, 11) is 1.65. The van der Waals surface area contributed by atoms with Gasteiger partial charge in [-0.3, -0.25) is 0 Å². The zero-order chi connectivity index (χ0) is 13.2. The predicted octanol–water partition coefficient (Wildman–Crippen LogP) is 2.83. The number of hydrogen-bond acceptors (Lipinski definition) is 4. The number of rotatable bonds is 2. The molecule has 2 atom stereocenters. The molecule has 0 aromatic carbocycles. The molecule has 0 spiro atoms. The fourth-order valence-electron chi connectivity index (χ4n) is 3.67. The molecule has 104 valence electrons. The number of anilines is 2. The molecule has 2 heterocycles. The van der Waals surface area contributed by atoms with Gasteiger partial charge in [0.25, 0.3) is 0 Å². The highest BCUT2D eigenvalue weighted by Gasteiger charge is 2.34. The van der Waals surface area contributed by atoms with Crippen LogP contribution in [-0.4, -0.2) is 24.7 Å². The molecule has 1 aliphatic carbocycles. The number of nitrogens with zero attached hydrogens (tertiary/aromatic N) is 2. The molecule has 2 N–H and O–H groups in total. The summed E-state index contributed by atoms with van der Waals surface area (Å²) in [4.78, 5) is 7.02. The molecule has 0 amide bonds. The first-order valence-corrected chi connectivity index (χ1v) is 7.37. The predicted molar refractivity (Wildman–Crippen MR) is 77.5 cm³/mol. The van der Waals surface area contributed by atoms with E-state index in [2.05, 4.69) is 9.88 Å². The Morgan fingerprint density at radius 3 is 2.84 bits per heavy atom. The van der Waals surface area contributed by atoms with Gasteiger partial charge >= 0.3 is 0 Å². The van der Waals surface area contributed by atoms with E-state index in [1.54, 1.807) is 7.11 Å². The van der Waals surface area contributed by atoms with Crippen LogP contribution in [0.2, 0.25) is 0 Å². The van der Waals surface area contributed by atoms with E-state index >= 15 is 0 Å². The summed E-state index contributed by atoms with van der Waals surface area (Å²) in [6, 6.07) is 4.37. The molecule has 1 saturated carbocycles. The van der Waals surface area contributed by atoms with Gasteiger partial charge in [-0.2, -0.15) is 4.98 Å². The fourth-order valence-corrected chi connectivity index (χ4v) is 3.67. The topological polar surface area (TPSA) is 51.4 Å². The Balaban J connectivity index is 1.91. The van der Waals surface area contributed by atoms with Crippen molar-refractivity contribution < 1.29 is 4.74 Å². The van der Waals surface area contributed by atoms with Crippen molar-refractivity contribution in [3.05, 3.63) is 12.1 Å². The van der Waals surface area contributed by atoms with Crippen LogP contribution in [0.3, 0.4) is 0 Å². The van der Waals surface area contributed by atoms with Crippen LogP contribution in [0, 0.1) is 5.92 Å². The molecule has 1 aromatic heterocycles. The van der Waals surface area contributed by atoms with Crippen molar-refractivity contribution in [2.24, 2.45) is 5.92 Å². The molecule has 0 radical (unpaired) electrons. The van der Waals surface area contributed by atoms with Gasteiger partial charge in [0.1, 0.15) is 0 Å². The highest BCUT2D eigenvalue weighted by atomic mass is 16.5. The molecule has 2 fully saturated rings. The number of methoxy groups -OCH3 is 1. The van der Waals surface area contributed by atoms with Gasteiger partial charge in [0.2, 0.25) is 5.88 Å². The molecular formula is C15H23N3O. The highest BCUT2D eigenvalue weighted by Crippen LogP contribution is 2.39. The summed E-state index contributed by atoms with van der Waals surface area (Å²) >= 11 is 0. The van der Waals surface area contributed by atoms with Crippen molar-refractivity contribution in [1.29, 1.82) is 0 Å². The minimum absolute atomic E-state index is 0.629. The quantitative estimate of drug-likeness (QED) is 0.889. The standard InChI is InChI=1S/C15H23N3O/c1-19-14-9-8-12(16)15(17-14)18-10-4-6-11-5-2-3-7-13(11)18/h8-9,11,13H,2-7,10,16H2,1H3. The van der Waals surface area contributed by atoms with Crippen LogP contribution in [0.4, 0.5) is 11.5 Å². The van der Waals surface area contributed by atoms with Crippen molar-refractivity contribution in [2.75, 3.05) is 24.3 Å². The molecule has 3 rings (SSSR count). The van der Waals surface area contributed by atoms with Crippen LogP contribution in [0.5, 0.6) is 5.88 Å². The van der Waals surface area contributed by atoms with Crippen LogP contribution >= 0.6 is 0 Å². The number of ether oxygens (including phenoxy) is 1. The smallest absolute Gasteiger partial charge is 0.215 e. The van der Waals surface area contributed by atoms with Gasteiger partial charge in [-0.05, 0) is 37.7 Å². The summed E-state index contributed by atoms with van der Waals surface area (Å²) in [5.74, 6) is 2.41. The van der Waals surface area contributed by atoms with Gasteiger partial charge in [-0.1, -0.05) is 12.8 Å². The maximum Gasteiger partial charge on any atom is 0.215 e. The maximum atomic E-state index is 6.14. The number of pyridine rings is 1. The van der Waals surface area contributed by atoms with E-state index in [4.69, 9.17) is 10.5 Å². The van der Waals surface area contributed by atoms with E-state index in [1.807, 2.05) is 12.1 Å². The van der Waals surface area contributed by atoms with E-state index in [1.165, 1.54) is 38.5 Å². The number of aromatic nitrogens is 1. The third-order valence-corrected chi connectivity index (χ3v) is 4.60. The molecule has 4 nitrogen and oxygen atoms in total. The Morgan fingerprint density at radius 1 is 1.21 bits per heavy atom. The van der Waals surface area contributed by atoms with Gasteiger partial charge in [0, 0.05) is 18.7 Å². The summed E-state index contributed by atoms with van der Waals surface area (Å²) in [6.45, 7) is 1.07. The lowest BCUT2D eigenvalue weighted by Gasteiger charge is -2.45. The Hall–Kier alpha value is -1.45. The first kappa shape index (κ1) is 12.6. The average Bonchev–Trinajstić information content (AvgIpc) is 2.47. The van der Waals surface area contributed by atoms with Gasteiger partial charge in [-0.25, -0.2) is 0 Å². The van der Waals surface area contributed by atoms with E-state index < -0.39 is 0 Å². The van der Waals surface area contributed by atoms with Gasteiger partial charge in [-0.15, -0.1) is 0 Å². The van der Waals surface area contributed by atoms with Crippen molar-refractivity contribution in [3.63, 3.8) is 0 Å². The second-order valence-electron chi connectivity index (χ2n) is 5.71. The minimum Gasteiger partial charge on any atom is -0.481 e. The molecule has 2 unspecified atom stereocenters. The first-order valence-electron chi connectivity index (χ1n) is 7.37. The molecule has 4 heteroatoms. The third-order valence-electron chi connectivity index (χ3n) is 4.60. The Morgan fingerprint density at radius 2 is 2.00 bits per heavy atom. The number of fused-ring (bicyclic) bond motifs is 1. The Kier molecular flexibility index (Phi) is 3.49. The van der Waals surface area contributed by atoms with Crippen molar-refractivity contribution in [2.45, 2.75) is 44.6 Å². The zero-order valence-electron chi connectivity index (χ0n) is 11.6. The molecule has 19 heavy (non-hydrogen) atoms. The largest absolute Gasteiger partial charge is 0.481 e. The van der Waals surface area contributed by atoms with E-state index in [0.29, 0.717) is 11.9 Å².